The maximum atomic E-state index is 13.3. The molecule has 0 heterocycles. The summed E-state index contributed by atoms with van der Waals surface area (Å²) in [6.07, 6.45) is 0.962. The van der Waals surface area contributed by atoms with Gasteiger partial charge in [0.2, 0.25) is 0 Å². The van der Waals surface area contributed by atoms with E-state index in [1.165, 1.54) is 12.1 Å². The molecule has 0 spiro atoms. The van der Waals surface area contributed by atoms with Crippen LogP contribution in [0.15, 0.2) is 18.2 Å². The zero-order chi connectivity index (χ0) is 13.1. The molecule has 0 aliphatic heterocycles. The summed E-state index contributed by atoms with van der Waals surface area (Å²) in [5.41, 5.74) is 0.804. The molecule has 0 fully saturated rings. The second-order valence-corrected chi connectivity index (χ2v) is 5.01. The van der Waals surface area contributed by atoms with Gasteiger partial charge in [-0.25, -0.2) is 8.78 Å². The normalized spacial score (nSPS) is 13.8. The molecule has 1 unspecified atom stereocenters. The lowest BCUT2D eigenvalue weighted by Gasteiger charge is -2.34. The predicted molar refractivity (Wildman–Crippen MR) is 66.8 cm³/mol. The topological polar surface area (TPSA) is 12.0 Å². The Morgan fingerprint density at radius 3 is 2.29 bits per heavy atom. The highest BCUT2D eigenvalue weighted by molar-refractivity contribution is 5.23. The van der Waals surface area contributed by atoms with E-state index in [2.05, 4.69) is 26.1 Å². The molecule has 1 rings (SSSR count). The van der Waals surface area contributed by atoms with E-state index in [-0.39, 0.29) is 11.5 Å². The Morgan fingerprint density at radius 2 is 1.82 bits per heavy atom. The molecule has 1 N–H and O–H groups in total. The van der Waals surface area contributed by atoms with Crippen molar-refractivity contribution in [1.29, 1.82) is 0 Å². The van der Waals surface area contributed by atoms with E-state index in [1.54, 1.807) is 6.07 Å². The van der Waals surface area contributed by atoms with Crippen LogP contribution in [-0.4, -0.2) is 6.54 Å². The van der Waals surface area contributed by atoms with Gasteiger partial charge in [-0.05, 0) is 36.1 Å². The Labute approximate surface area is 102 Å². The van der Waals surface area contributed by atoms with Crippen LogP contribution in [-0.2, 0) is 0 Å². The van der Waals surface area contributed by atoms with Crippen LogP contribution in [0.2, 0.25) is 0 Å². The van der Waals surface area contributed by atoms with Gasteiger partial charge in [0.05, 0.1) is 0 Å². The lowest BCUT2D eigenvalue weighted by Crippen LogP contribution is -2.34. The molecule has 0 saturated heterocycles. The highest BCUT2D eigenvalue weighted by Crippen LogP contribution is 2.36. The summed E-state index contributed by atoms with van der Waals surface area (Å²) in [7, 11) is 0. The van der Waals surface area contributed by atoms with Crippen molar-refractivity contribution in [2.24, 2.45) is 5.41 Å². The first kappa shape index (κ1) is 14.1. The van der Waals surface area contributed by atoms with Crippen LogP contribution in [0.4, 0.5) is 8.78 Å². The van der Waals surface area contributed by atoms with Gasteiger partial charge >= 0.3 is 0 Å². The van der Waals surface area contributed by atoms with Crippen LogP contribution in [0.1, 0.15) is 45.7 Å². The van der Waals surface area contributed by atoms with Gasteiger partial charge in [-0.3, -0.25) is 0 Å². The van der Waals surface area contributed by atoms with Crippen molar-refractivity contribution >= 4 is 0 Å². The average Bonchev–Trinajstić information content (AvgIpc) is 2.29. The van der Waals surface area contributed by atoms with Gasteiger partial charge in [0.15, 0.2) is 11.6 Å². The third kappa shape index (κ3) is 3.25. The monoisotopic (exact) mass is 241 g/mol. The van der Waals surface area contributed by atoms with Gasteiger partial charge in [-0.15, -0.1) is 0 Å². The van der Waals surface area contributed by atoms with E-state index in [0.29, 0.717) is 0 Å². The molecule has 1 atom stereocenters. The summed E-state index contributed by atoms with van der Waals surface area (Å²) >= 11 is 0. The summed E-state index contributed by atoms with van der Waals surface area (Å²) in [5, 5.41) is 3.35. The minimum atomic E-state index is -0.793. The highest BCUT2D eigenvalue weighted by atomic mass is 19.2. The van der Waals surface area contributed by atoms with E-state index in [4.69, 9.17) is 0 Å². The first-order valence-electron chi connectivity index (χ1n) is 6.10. The summed E-state index contributed by atoms with van der Waals surface area (Å²) < 4.78 is 26.2. The largest absolute Gasteiger partial charge is 0.310 e. The Kier molecular flexibility index (Phi) is 4.63. The van der Waals surface area contributed by atoms with E-state index in [0.717, 1.165) is 18.5 Å². The Morgan fingerprint density at radius 1 is 1.18 bits per heavy atom. The van der Waals surface area contributed by atoms with Gasteiger partial charge in [0.1, 0.15) is 0 Å². The fourth-order valence-corrected chi connectivity index (χ4v) is 1.95. The molecule has 1 aromatic carbocycles. The Bertz CT molecular complexity index is 374. The van der Waals surface area contributed by atoms with E-state index in [9.17, 15) is 8.78 Å². The number of nitrogens with one attached hydrogen (secondary N) is 1. The van der Waals surface area contributed by atoms with Gasteiger partial charge in [0.25, 0.3) is 0 Å². The molecule has 1 aromatic rings. The van der Waals surface area contributed by atoms with E-state index < -0.39 is 11.6 Å². The SMILES string of the molecule is CCNC(c1ccc(F)c(F)c1)C(C)(C)CC. The van der Waals surface area contributed by atoms with Crippen LogP contribution >= 0.6 is 0 Å². The predicted octanol–water partition coefficient (Wildman–Crippen LogP) is 4.05. The molecule has 0 aliphatic carbocycles. The molecule has 96 valence electrons. The van der Waals surface area contributed by atoms with Gasteiger partial charge in [-0.1, -0.05) is 33.8 Å². The van der Waals surface area contributed by atoms with Crippen molar-refractivity contribution in [2.45, 2.75) is 40.2 Å². The molecule has 3 heteroatoms. The second kappa shape index (κ2) is 5.58. The molecule has 0 saturated carbocycles. The van der Waals surface area contributed by atoms with Crippen LogP contribution in [0.3, 0.4) is 0 Å². The molecule has 0 bridgehead atoms. The summed E-state index contributed by atoms with van der Waals surface area (Å²) in [6, 6.07) is 4.18. The molecule has 0 amide bonds. The van der Waals surface area contributed by atoms with Crippen LogP contribution in [0, 0.1) is 17.0 Å². The molecule has 1 nitrogen and oxygen atoms in total. The number of halogens is 2. The van der Waals surface area contributed by atoms with E-state index >= 15 is 0 Å². The first-order chi connectivity index (χ1) is 7.92. The van der Waals surface area contributed by atoms with Crippen LogP contribution < -0.4 is 5.32 Å². The molecular formula is C14H21F2N. The van der Waals surface area contributed by atoms with Crippen molar-refractivity contribution in [2.75, 3.05) is 6.54 Å². The quantitative estimate of drug-likeness (QED) is 0.820. The summed E-state index contributed by atoms with van der Waals surface area (Å²) in [4.78, 5) is 0. The summed E-state index contributed by atoms with van der Waals surface area (Å²) in [6.45, 7) is 9.17. The zero-order valence-electron chi connectivity index (χ0n) is 11.0. The molecule has 0 radical (unpaired) electrons. The third-order valence-electron chi connectivity index (χ3n) is 3.38. The lowest BCUT2D eigenvalue weighted by atomic mass is 9.78. The molecule has 17 heavy (non-hydrogen) atoms. The molecule has 0 aliphatic rings. The van der Waals surface area contributed by atoms with Crippen molar-refractivity contribution in [3.05, 3.63) is 35.4 Å². The summed E-state index contributed by atoms with van der Waals surface area (Å²) in [5.74, 6) is -1.57. The number of hydrogen-bond donors (Lipinski definition) is 1. The fraction of sp³-hybridized carbons (Fsp3) is 0.571. The Balaban J connectivity index is 3.09. The maximum Gasteiger partial charge on any atom is 0.159 e. The lowest BCUT2D eigenvalue weighted by molar-refractivity contribution is 0.236. The van der Waals surface area contributed by atoms with Gasteiger partial charge in [-0.2, -0.15) is 0 Å². The zero-order valence-corrected chi connectivity index (χ0v) is 11.0. The van der Waals surface area contributed by atoms with Crippen molar-refractivity contribution < 1.29 is 8.78 Å². The number of hydrogen-bond acceptors (Lipinski definition) is 1. The second-order valence-electron chi connectivity index (χ2n) is 5.01. The van der Waals surface area contributed by atoms with Gasteiger partial charge in [0, 0.05) is 6.04 Å². The van der Waals surface area contributed by atoms with Crippen LogP contribution in [0.25, 0.3) is 0 Å². The maximum absolute atomic E-state index is 13.3. The minimum Gasteiger partial charge on any atom is -0.310 e. The fourth-order valence-electron chi connectivity index (χ4n) is 1.95. The number of benzene rings is 1. The first-order valence-corrected chi connectivity index (χ1v) is 6.10. The minimum absolute atomic E-state index is 0.000277. The van der Waals surface area contributed by atoms with Crippen molar-refractivity contribution in [1.82, 2.24) is 5.32 Å². The smallest absolute Gasteiger partial charge is 0.159 e. The number of rotatable bonds is 5. The standard InChI is InChI=1S/C14H21F2N/c1-5-14(3,4)13(17-6-2)10-7-8-11(15)12(16)9-10/h7-9,13,17H,5-6H2,1-4H3. The average molecular weight is 241 g/mol. The van der Waals surface area contributed by atoms with Gasteiger partial charge < -0.3 is 5.32 Å². The van der Waals surface area contributed by atoms with Crippen molar-refractivity contribution in [3.8, 4) is 0 Å². The molecule has 0 aromatic heterocycles. The van der Waals surface area contributed by atoms with Crippen LogP contribution in [0.5, 0.6) is 0 Å². The third-order valence-corrected chi connectivity index (χ3v) is 3.38. The molecular weight excluding hydrogens is 220 g/mol. The Hall–Kier alpha value is -0.960. The highest BCUT2D eigenvalue weighted by Gasteiger charge is 2.28. The van der Waals surface area contributed by atoms with Crippen molar-refractivity contribution in [3.63, 3.8) is 0 Å². The van der Waals surface area contributed by atoms with E-state index in [1.807, 2.05) is 6.92 Å².